The molecule has 164 valence electrons. The van der Waals surface area contributed by atoms with E-state index in [0.717, 1.165) is 5.69 Å². The van der Waals surface area contributed by atoms with Crippen molar-refractivity contribution in [1.82, 2.24) is 14.8 Å². The van der Waals surface area contributed by atoms with E-state index in [9.17, 15) is 14.4 Å². The van der Waals surface area contributed by atoms with Gasteiger partial charge in [-0.25, -0.2) is 9.48 Å². The molecule has 0 bridgehead atoms. The molecule has 0 saturated carbocycles. The number of esters is 1. The van der Waals surface area contributed by atoms with Crippen molar-refractivity contribution in [2.45, 2.75) is 72.8 Å². The number of carbonyl (C=O) groups excluding carboxylic acids is 3. The molecule has 2 aromatic heterocycles. The number of H-pyrrole nitrogens is 1. The number of amides is 1. The number of hydrogen-bond donors (Lipinski definition) is 2. The molecule has 8 nitrogen and oxygen atoms in total. The lowest BCUT2D eigenvalue weighted by Gasteiger charge is -2.23. The summed E-state index contributed by atoms with van der Waals surface area (Å²) >= 11 is 0. The second-order valence-electron chi connectivity index (χ2n) is 9.50. The zero-order valence-corrected chi connectivity index (χ0v) is 19.3. The summed E-state index contributed by atoms with van der Waals surface area (Å²) in [6.07, 6.45) is -0.112. The van der Waals surface area contributed by atoms with Gasteiger partial charge in [-0.05, 0) is 33.3 Å². The van der Waals surface area contributed by atoms with Gasteiger partial charge < -0.3 is 15.0 Å². The van der Waals surface area contributed by atoms with Crippen LogP contribution in [0.5, 0.6) is 0 Å². The van der Waals surface area contributed by atoms with Gasteiger partial charge in [0.15, 0.2) is 5.78 Å². The first-order valence-corrected chi connectivity index (χ1v) is 9.88. The number of aromatic amines is 1. The Labute approximate surface area is 177 Å². The van der Waals surface area contributed by atoms with Crippen molar-refractivity contribution >= 4 is 23.5 Å². The fraction of sp³-hybridized carbons (Fsp3) is 0.545. The van der Waals surface area contributed by atoms with Gasteiger partial charge in [0.05, 0.1) is 36.0 Å². The van der Waals surface area contributed by atoms with Crippen molar-refractivity contribution in [2.75, 3.05) is 12.4 Å². The Balaban J connectivity index is 2.39. The molecule has 0 aliphatic rings. The summed E-state index contributed by atoms with van der Waals surface area (Å²) in [5.74, 6) is -0.562. The van der Waals surface area contributed by atoms with E-state index in [0.29, 0.717) is 22.8 Å². The quantitative estimate of drug-likeness (QED) is 0.570. The second kappa shape index (κ2) is 8.08. The van der Waals surface area contributed by atoms with Crippen LogP contribution >= 0.6 is 0 Å². The molecule has 1 amide bonds. The van der Waals surface area contributed by atoms with E-state index in [1.54, 1.807) is 11.6 Å². The highest BCUT2D eigenvalue weighted by Gasteiger charge is 2.27. The van der Waals surface area contributed by atoms with Gasteiger partial charge >= 0.3 is 5.97 Å². The van der Waals surface area contributed by atoms with Crippen LogP contribution in [-0.2, 0) is 26.9 Å². The molecule has 0 unspecified atom stereocenters. The van der Waals surface area contributed by atoms with Gasteiger partial charge in [0, 0.05) is 24.1 Å². The van der Waals surface area contributed by atoms with E-state index in [1.165, 1.54) is 14.0 Å². The average molecular weight is 417 g/mol. The van der Waals surface area contributed by atoms with Crippen LogP contribution in [-0.4, -0.2) is 39.5 Å². The number of nitrogens with zero attached hydrogens (tertiary/aromatic N) is 2. The highest BCUT2D eigenvalue weighted by atomic mass is 16.5. The number of anilines is 1. The van der Waals surface area contributed by atoms with Crippen LogP contribution in [0.25, 0.3) is 0 Å². The van der Waals surface area contributed by atoms with E-state index >= 15 is 0 Å². The standard InChI is InChI=1S/C22H32N4O4/c1-12-18(20(29)30-9)14(23-19(12)13(2)27)10-17(28)24-16-11-15(21(3,4)5)25-26(16)22(6,7)8/h11,23H,10H2,1-9H3,(H,24,28). The largest absolute Gasteiger partial charge is 0.465 e. The minimum atomic E-state index is -0.589. The molecule has 0 fully saturated rings. The molecule has 0 spiro atoms. The SMILES string of the molecule is COC(=O)c1c(CC(=O)Nc2cc(C(C)(C)C)nn2C(C)(C)C)[nH]c(C(C)=O)c1C. The monoisotopic (exact) mass is 416 g/mol. The van der Waals surface area contributed by atoms with E-state index in [-0.39, 0.29) is 34.6 Å². The van der Waals surface area contributed by atoms with Crippen LogP contribution < -0.4 is 5.32 Å². The maximum atomic E-state index is 12.9. The topological polar surface area (TPSA) is 106 Å². The number of ether oxygens (including phenoxy) is 1. The number of ketones is 1. The van der Waals surface area contributed by atoms with Gasteiger partial charge in [-0.1, -0.05) is 20.8 Å². The van der Waals surface area contributed by atoms with Crippen molar-refractivity contribution in [3.8, 4) is 0 Å². The highest BCUT2D eigenvalue weighted by molar-refractivity contribution is 6.02. The van der Waals surface area contributed by atoms with E-state index in [1.807, 2.05) is 26.8 Å². The predicted octanol–water partition coefficient (Wildman–Crippen LogP) is 3.74. The first kappa shape index (κ1) is 23.4. The van der Waals surface area contributed by atoms with Gasteiger partial charge in [0.2, 0.25) is 5.91 Å². The summed E-state index contributed by atoms with van der Waals surface area (Å²) in [6.45, 7) is 15.2. The highest BCUT2D eigenvalue weighted by Crippen LogP contribution is 2.28. The molecular weight excluding hydrogens is 384 g/mol. The van der Waals surface area contributed by atoms with Crippen molar-refractivity contribution in [3.63, 3.8) is 0 Å². The fourth-order valence-corrected chi connectivity index (χ4v) is 3.22. The minimum Gasteiger partial charge on any atom is -0.465 e. The lowest BCUT2D eigenvalue weighted by atomic mass is 9.92. The zero-order valence-electron chi connectivity index (χ0n) is 19.3. The summed E-state index contributed by atoms with van der Waals surface area (Å²) in [4.78, 5) is 39.9. The number of Topliss-reactive ketones (excluding diaryl/α,β-unsaturated/α-hetero) is 1. The predicted molar refractivity (Wildman–Crippen MR) is 115 cm³/mol. The maximum absolute atomic E-state index is 12.9. The van der Waals surface area contributed by atoms with Crippen molar-refractivity contribution < 1.29 is 19.1 Å². The summed E-state index contributed by atoms with van der Waals surface area (Å²) in [7, 11) is 1.27. The molecule has 2 heterocycles. The third kappa shape index (κ3) is 4.80. The van der Waals surface area contributed by atoms with Crippen LogP contribution in [0.1, 0.15) is 86.3 Å². The van der Waals surface area contributed by atoms with E-state index in [4.69, 9.17) is 4.74 Å². The normalized spacial score (nSPS) is 12.0. The Bertz CT molecular complexity index is 984. The average Bonchev–Trinajstić information content (AvgIpc) is 3.15. The number of nitrogens with one attached hydrogen (secondary N) is 2. The van der Waals surface area contributed by atoms with Gasteiger partial charge in [-0.3, -0.25) is 9.59 Å². The van der Waals surface area contributed by atoms with Gasteiger partial charge in [-0.2, -0.15) is 5.10 Å². The smallest absolute Gasteiger partial charge is 0.339 e. The maximum Gasteiger partial charge on any atom is 0.339 e. The molecule has 0 aromatic carbocycles. The Morgan fingerprint density at radius 1 is 1.17 bits per heavy atom. The number of methoxy groups -OCH3 is 1. The Hall–Kier alpha value is -2.90. The van der Waals surface area contributed by atoms with Gasteiger partial charge in [0.1, 0.15) is 5.82 Å². The summed E-state index contributed by atoms with van der Waals surface area (Å²) in [6, 6.07) is 1.87. The van der Waals surface area contributed by atoms with Crippen LogP contribution in [0, 0.1) is 6.92 Å². The van der Waals surface area contributed by atoms with Crippen molar-refractivity contribution in [1.29, 1.82) is 0 Å². The minimum absolute atomic E-state index is 0.112. The Morgan fingerprint density at radius 2 is 1.77 bits per heavy atom. The molecule has 0 aliphatic heterocycles. The number of carbonyl (C=O) groups is 3. The lowest BCUT2D eigenvalue weighted by molar-refractivity contribution is -0.115. The van der Waals surface area contributed by atoms with E-state index < -0.39 is 5.97 Å². The molecule has 0 aliphatic carbocycles. The van der Waals surface area contributed by atoms with Gasteiger partial charge in [-0.15, -0.1) is 0 Å². The third-order valence-corrected chi connectivity index (χ3v) is 4.79. The Kier molecular flexibility index (Phi) is 6.30. The van der Waals surface area contributed by atoms with Gasteiger partial charge in [0.25, 0.3) is 0 Å². The van der Waals surface area contributed by atoms with Crippen LogP contribution in [0.15, 0.2) is 6.07 Å². The number of aromatic nitrogens is 3. The molecule has 2 rings (SSSR count). The molecule has 0 atom stereocenters. The van der Waals surface area contributed by atoms with Crippen LogP contribution in [0.2, 0.25) is 0 Å². The first-order valence-electron chi connectivity index (χ1n) is 9.88. The summed E-state index contributed by atoms with van der Waals surface area (Å²) in [5, 5.41) is 7.59. The summed E-state index contributed by atoms with van der Waals surface area (Å²) in [5.41, 5.74) is 1.68. The molecule has 2 N–H and O–H groups in total. The van der Waals surface area contributed by atoms with Crippen molar-refractivity contribution in [3.05, 3.63) is 34.3 Å². The number of hydrogen-bond acceptors (Lipinski definition) is 5. The fourth-order valence-electron chi connectivity index (χ4n) is 3.22. The van der Waals surface area contributed by atoms with Crippen LogP contribution in [0.4, 0.5) is 5.82 Å². The molecule has 8 heteroatoms. The molecule has 0 radical (unpaired) electrons. The Morgan fingerprint density at radius 3 is 2.23 bits per heavy atom. The third-order valence-electron chi connectivity index (χ3n) is 4.79. The number of rotatable bonds is 5. The second-order valence-corrected chi connectivity index (χ2v) is 9.50. The first-order chi connectivity index (χ1) is 13.7. The molecule has 30 heavy (non-hydrogen) atoms. The molecular formula is C22H32N4O4. The zero-order chi connectivity index (χ0) is 23.0. The summed E-state index contributed by atoms with van der Waals surface area (Å²) < 4.78 is 6.62. The van der Waals surface area contributed by atoms with Crippen molar-refractivity contribution in [2.24, 2.45) is 0 Å². The molecule has 0 saturated heterocycles. The van der Waals surface area contributed by atoms with E-state index in [2.05, 4.69) is 36.2 Å². The molecule has 2 aromatic rings. The lowest BCUT2D eigenvalue weighted by Crippen LogP contribution is -2.28. The van der Waals surface area contributed by atoms with Crippen LogP contribution in [0.3, 0.4) is 0 Å².